The van der Waals surface area contributed by atoms with Crippen LogP contribution in [-0.4, -0.2) is 19.9 Å². The van der Waals surface area contributed by atoms with Crippen LogP contribution in [0.1, 0.15) is 22.8 Å². The first kappa shape index (κ1) is 15.9. The molecule has 0 spiro atoms. The number of hydrogen-bond donors (Lipinski definition) is 0. The molecule has 0 saturated heterocycles. The van der Waals surface area contributed by atoms with Crippen LogP contribution in [0, 0.1) is 12.3 Å². The molecule has 4 nitrogen and oxygen atoms in total. The fourth-order valence-electron chi connectivity index (χ4n) is 2.49. The Labute approximate surface area is 142 Å². The summed E-state index contributed by atoms with van der Waals surface area (Å²) in [5.74, 6) is 2.59. The second kappa shape index (κ2) is 8.00. The van der Waals surface area contributed by atoms with Crippen molar-refractivity contribution in [3.05, 3.63) is 89.8 Å². The largest absolute Gasteiger partial charge is 0.286 e. The van der Waals surface area contributed by atoms with Gasteiger partial charge in [-0.2, -0.15) is 0 Å². The smallest absolute Gasteiger partial charge is 0.113 e. The number of aromatic nitrogens is 3. The molecule has 118 valence electrons. The fraction of sp³-hybridized carbons (Fsp3) is 0.150. The molecule has 0 radical (unpaired) electrons. The zero-order valence-electron chi connectivity index (χ0n) is 13.3. The first-order valence-electron chi connectivity index (χ1n) is 7.78. The second-order valence-electron chi connectivity index (χ2n) is 5.45. The topological polar surface area (TPSA) is 41.9 Å². The number of hydrogen-bond acceptors (Lipinski definition) is 4. The Morgan fingerprint density at radius 2 is 1.33 bits per heavy atom. The van der Waals surface area contributed by atoms with E-state index < -0.39 is 0 Å². The number of pyridine rings is 3. The van der Waals surface area contributed by atoms with Gasteiger partial charge in [-0.05, 0) is 36.4 Å². The van der Waals surface area contributed by atoms with Gasteiger partial charge < -0.3 is 0 Å². The summed E-state index contributed by atoms with van der Waals surface area (Å²) in [4.78, 5) is 15.6. The molecule has 0 N–H and O–H groups in total. The van der Waals surface area contributed by atoms with Crippen molar-refractivity contribution in [3.63, 3.8) is 0 Å². The molecule has 3 heterocycles. The van der Waals surface area contributed by atoms with E-state index in [2.05, 4.69) is 25.8 Å². The molecular formula is C20H18N4. The average molecular weight is 314 g/mol. The molecule has 24 heavy (non-hydrogen) atoms. The third kappa shape index (κ3) is 4.48. The van der Waals surface area contributed by atoms with Crippen LogP contribution in [0.4, 0.5) is 0 Å². The third-order valence-corrected chi connectivity index (χ3v) is 3.56. The van der Waals surface area contributed by atoms with E-state index in [1.54, 1.807) is 0 Å². The Bertz CT molecular complexity index is 768. The van der Waals surface area contributed by atoms with Crippen molar-refractivity contribution in [3.8, 4) is 12.3 Å². The summed E-state index contributed by atoms with van der Waals surface area (Å²) in [6, 6.07) is 17.7. The van der Waals surface area contributed by atoms with Crippen LogP contribution in [0.25, 0.3) is 0 Å². The molecule has 0 aliphatic rings. The van der Waals surface area contributed by atoms with Gasteiger partial charge in [-0.25, -0.2) is 4.98 Å². The van der Waals surface area contributed by atoms with Crippen molar-refractivity contribution in [1.29, 1.82) is 0 Å². The minimum Gasteiger partial charge on any atom is -0.286 e. The highest BCUT2D eigenvalue weighted by molar-refractivity contribution is 5.25. The van der Waals surface area contributed by atoms with Crippen molar-refractivity contribution in [1.82, 2.24) is 19.9 Å². The number of rotatable bonds is 6. The highest BCUT2D eigenvalue weighted by Crippen LogP contribution is 2.11. The van der Waals surface area contributed by atoms with Crippen LogP contribution in [-0.2, 0) is 19.6 Å². The average Bonchev–Trinajstić information content (AvgIpc) is 2.63. The maximum absolute atomic E-state index is 5.45. The molecule has 3 aromatic rings. The maximum atomic E-state index is 5.45. The lowest BCUT2D eigenvalue weighted by Crippen LogP contribution is -2.24. The van der Waals surface area contributed by atoms with Gasteiger partial charge in [0, 0.05) is 32.0 Å². The minimum absolute atomic E-state index is 0.656. The Morgan fingerprint density at radius 1 is 0.750 bits per heavy atom. The molecule has 0 atom stereocenters. The van der Waals surface area contributed by atoms with Crippen LogP contribution < -0.4 is 0 Å². The maximum Gasteiger partial charge on any atom is 0.113 e. The summed E-state index contributed by atoms with van der Waals surface area (Å²) in [6.07, 6.45) is 9.07. The molecule has 0 aliphatic carbocycles. The van der Waals surface area contributed by atoms with Gasteiger partial charge in [0.2, 0.25) is 0 Å². The Hall–Kier alpha value is -3.03. The van der Waals surface area contributed by atoms with Crippen molar-refractivity contribution >= 4 is 0 Å². The predicted molar refractivity (Wildman–Crippen MR) is 93.6 cm³/mol. The van der Waals surface area contributed by atoms with Gasteiger partial charge in [0.05, 0.1) is 17.1 Å². The summed E-state index contributed by atoms with van der Waals surface area (Å²) < 4.78 is 0. The van der Waals surface area contributed by atoms with Gasteiger partial charge in [-0.15, -0.1) is 6.42 Å². The van der Waals surface area contributed by atoms with Crippen molar-refractivity contribution in [2.75, 3.05) is 0 Å². The van der Waals surface area contributed by atoms with Gasteiger partial charge in [0.25, 0.3) is 0 Å². The van der Waals surface area contributed by atoms with Crippen LogP contribution in [0.15, 0.2) is 67.0 Å². The second-order valence-corrected chi connectivity index (χ2v) is 5.45. The normalized spacial score (nSPS) is 10.5. The lowest BCUT2D eigenvalue weighted by Gasteiger charge is -2.21. The summed E-state index contributed by atoms with van der Waals surface area (Å²) in [6.45, 7) is 2.13. The van der Waals surface area contributed by atoms with Gasteiger partial charge in [0.1, 0.15) is 5.69 Å². The molecule has 0 amide bonds. The van der Waals surface area contributed by atoms with E-state index in [1.807, 2.05) is 67.0 Å². The van der Waals surface area contributed by atoms with E-state index in [1.165, 1.54) is 0 Å². The standard InChI is InChI=1S/C20H18N4/c1-2-17-10-7-11-20(23-17)16-24(14-18-8-3-5-12-21-18)15-19-9-4-6-13-22-19/h1,3-13H,14-16H2. The van der Waals surface area contributed by atoms with E-state index in [0.29, 0.717) is 12.2 Å². The zero-order chi connectivity index (χ0) is 16.6. The van der Waals surface area contributed by atoms with Crippen molar-refractivity contribution in [2.45, 2.75) is 19.6 Å². The lowest BCUT2D eigenvalue weighted by atomic mass is 10.2. The highest BCUT2D eigenvalue weighted by atomic mass is 15.1. The Morgan fingerprint density at radius 3 is 1.88 bits per heavy atom. The van der Waals surface area contributed by atoms with Crippen molar-refractivity contribution < 1.29 is 0 Å². The molecule has 0 fully saturated rings. The predicted octanol–water partition coefficient (Wildman–Crippen LogP) is 3.06. The van der Waals surface area contributed by atoms with Gasteiger partial charge in [-0.3, -0.25) is 14.9 Å². The summed E-state index contributed by atoms with van der Waals surface area (Å²) in [5.41, 5.74) is 3.63. The summed E-state index contributed by atoms with van der Waals surface area (Å²) in [5, 5.41) is 0. The molecule has 0 saturated carbocycles. The first-order valence-corrected chi connectivity index (χ1v) is 7.78. The van der Waals surface area contributed by atoms with Gasteiger partial charge in [0.15, 0.2) is 0 Å². The quantitative estimate of drug-likeness (QED) is 0.656. The molecule has 3 aromatic heterocycles. The van der Waals surface area contributed by atoms with E-state index in [0.717, 1.165) is 30.2 Å². The van der Waals surface area contributed by atoms with Crippen LogP contribution >= 0.6 is 0 Å². The lowest BCUT2D eigenvalue weighted by molar-refractivity contribution is 0.239. The zero-order valence-corrected chi connectivity index (χ0v) is 13.3. The van der Waals surface area contributed by atoms with Crippen LogP contribution in [0.3, 0.4) is 0 Å². The molecular weight excluding hydrogens is 296 g/mol. The highest BCUT2D eigenvalue weighted by Gasteiger charge is 2.10. The van der Waals surface area contributed by atoms with E-state index in [-0.39, 0.29) is 0 Å². The fourth-order valence-corrected chi connectivity index (χ4v) is 2.49. The first-order chi connectivity index (χ1) is 11.8. The molecule has 0 unspecified atom stereocenters. The van der Waals surface area contributed by atoms with Gasteiger partial charge >= 0.3 is 0 Å². The SMILES string of the molecule is C#Cc1cccc(CN(Cc2ccccn2)Cc2ccccn2)n1. The van der Waals surface area contributed by atoms with Crippen LogP contribution in [0.5, 0.6) is 0 Å². The minimum atomic E-state index is 0.656. The summed E-state index contributed by atoms with van der Waals surface area (Å²) in [7, 11) is 0. The summed E-state index contributed by atoms with van der Waals surface area (Å²) >= 11 is 0. The van der Waals surface area contributed by atoms with E-state index in [9.17, 15) is 0 Å². The van der Waals surface area contributed by atoms with Crippen LogP contribution in [0.2, 0.25) is 0 Å². The third-order valence-electron chi connectivity index (χ3n) is 3.56. The Kier molecular flexibility index (Phi) is 5.28. The molecule has 0 bridgehead atoms. The number of nitrogens with zero attached hydrogens (tertiary/aromatic N) is 4. The molecule has 0 aliphatic heterocycles. The van der Waals surface area contributed by atoms with E-state index >= 15 is 0 Å². The van der Waals surface area contributed by atoms with E-state index in [4.69, 9.17) is 6.42 Å². The molecule has 3 rings (SSSR count). The van der Waals surface area contributed by atoms with Gasteiger partial charge in [-0.1, -0.05) is 24.1 Å². The molecule has 0 aromatic carbocycles. The molecule has 4 heteroatoms. The monoisotopic (exact) mass is 314 g/mol. The number of terminal acetylenes is 1. The Balaban J connectivity index is 1.79. The van der Waals surface area contributed by atoms with Crippen molar-refractivity contribution in [2.24, 2.45) is 0 Å².